The van der Waals surface area contributed by atoms with E-state index in [0.717, 1.165) is 12.0 Å². The molecule has 220 valence electrons. The van der Waals surface area contributed by atoms with Crippen LogP contribution in [0.25, 0.3) is 0 Å². The van der Waals surface area contributed by atoms with Crippen LogP contribution in [0.2, 0.25) is 10.0 Å². The summed E-state index contributed by atoms with van der Waals surface area (Å²) < 4.78 is 0.690. The number of nitrogens with zero attached hydrogens (tertiary/aromatic N) is 2. The van der Waals surface area contributed by atoms with Gasteiger partial charge in [-0.1, -0.05) is 57.3 Å². The molecule has 42 heavy (non-hydrogen) atoms. The first kappa shape index (κ1) is 31.3. The zero-order valence-electron chi connectivity index (χ0n) is 22.9. The van der Waals surface area contributed by atoms with Crippen molar-refractivity contribution < 1.29 is 24.3 Å². The van der Waals surface area contributed by atoms with E-state index in [9.17, 15) is 24.3 Å². The molecule has 1 saturated heterocycles. The molecule has 2 aliphatic rings. The van der Waals surface area contributed by atoms with E-state index in [1.807, 2.05) is 12.1 Å². The van der Waals surface area contributed by atoms with Gasteiger partial charge >= 0.3 is 5.97 Å². The largest absolute Gasteiger partial charge is 0.480 e. The summed E-state index contributed by atoms with van der Waals surface area (Å²) in [5.74, 6) is -1.75. The molecular formula is C30H29BrCl2N4O5. The van der Waals surface area contributed by atoms with Crippen molar-refractivity contribution in [1.29, 1.82) is 0 Å². The first-order valence-corrected chi connectivity index (χ1v) is 14.6. The van der Waals surface area contributed by atoms with Crippen LogP contribution < -0.4 is 10.6 Å². The number of rotatable bonds is 7. The molecule has 2 atom stereocenters. The van der Waals surface area contributed by atoms with Crippen molar-refractivity contribution in [3.05, 3.63) is 91.9 Å². The van der Waals surface area contributed by atoms with Gasteiger partial charge in [-0.2, -0.15) is 0 Å². The minimum Gasteiger partial charge on any atom is -0.480 e. The first-order valence-electron chi connectivity index (χ1n) is 13.0. The number of amides is 3. The number of carboxylic acids is 1. The highest BCUT2D eigenvalue weighted by atomic mass is 79.9. The van der Waals surface area contributed by atoms with Crippen LogP contribution in [-0.4, -0.2) is 65.8 Å². The third-order valence-corrected chi connectivity index (χ3v) is 7.97. The van der Waals surface area contributed by atoms with Gasteiger partial charge in [-0.25, -0.2) is 4.79 Å². The second-order valence-corrected chi connectivity index (χ2v) is 12.0. The smallest absolute Gasteiger partial charge is 0.326 e. The minimum atomic E-state index is -1.29. The highest BCUT2D eigenvalue weighted by molar-refractivity contribution is 9.10. The molecule has 3 aromatic carbocycles. The SMILES string of the molecule is CN(C)C=O.O=C(O)[C@H]1CCCN1C(=O)c1ccc(Br)cc1NC1(Cc2cccc(Cl)c2)C(=O)Nc2cc(Cl)ccc21. The van der Waals surface area contributed by atoms with Crippen LogP contribution in [0.4, 0.5) is 11.4 Å². The van der Waals surface area contributed by atoms with Crippen LogP contribution in [0.5, 0.6) is 0 Å². The number of carboxylic acid groups (broad SMARTS) is 1. The molecule has 2 aliphatic heterocycles. The third-order valence-electron chi connectivity index (χ3n) is 7.01. The number of hydrogen-bond donors (Lipinski definition) is 3. The topological polar surface area (TPSA) is 119 Å². The van der Waals surface area contributed by atoms with Crippen molar-refractivity contribution in [2.24, 2.45) is 0 Å². The monoisotopic (exact) mass is 674 g/mol. The number of likely N-dealkylation sites (tertiary alicyclic amines) is 1. The number of fused-ring (bicyclic) bond motifs is 1. The molecule has 1 fully saturated rings. The van der Waals surface area contributed by atoms with Gasteiger partial charge in [0.05, 0.1) is 5.56 Å². The van der Waals surface area contributed by atoms with Crippen molar-refractivity contribution >= 4 is 74.7 Å². The summed E-state index contributed by atoms with van der Waals surface area (Å²) in [6.07, 6.45) is 1.99. The Kier molecular flexibility index (Phi) is 9.81. The molecule has 3 aromatic rings. The summed E-state index contributed by atoms with van der Waals surface area (Å²) in [5.41, 5.74) is 1.43. The van der Waals surface area contributed by atoms with Crippen LogP contribution in [-0.2, 0) is 26.3 Å². The molecule has 0 radical (unpaired) electrons. The van der Waals surface area contributed by atoms with E-state index in [1.54, 1.807) is 62.6 Å². The number of halogens is 3. The molecule has 2 heterocycles. The lowest BCUT2D eigenvalue weighted by atomic mass is 9.84. The normalized spacial score (nSPS) is 18.8. The summed E-state index contributed by atoms with van der Waals surface area (Å²) in [6.45, 7) is 0.348. The maximum absolute atomic E-state index is 13.7. The van der Waals surface area contributed by atoms with Gasteiger partial charge in [0, 0.05) is 58.5 Å². The average Bonchev–Trinajstić information content (AvgIpc) is 3.52. The number of carbonyl (C=O) groups is 4. The van der Waals surface area contributed by atoms with Crippen molar-refractivity contribution in [1.82, 2.24) is 9.80 Å². The molecule has 3 N–H and O–H groups in total. The van der Waals surface area contributed by atoms with E-state index in [-0.39, 0.29) is 17.9 Å². The Hall–Kier alpha value is -3.60. The maximum atomic E-state index is 13.7. The van der Waals surface area contributed by atoms with Crippen LogP contribution in [0.15, 0.2) is 65.1 Å². The lowest BCUT2D eigenvalue weighted by Crippen LogP contribution is -2.45. The summed E-state index contributed by atoms with van der Waals surface area (Å²) in [6, 6.07) is 16.6. The number of benzene rings is 3. The number of anilines is 2. The van der Waals surface area contributed by atoms with E-state index in [2.05, 4.69) is 26.6 Å². The number of hydrogen-bond acceptors (Lipinski definition) is 5. The molecule has 0 bridgehead atoms. The molecule has 9 nitrogen and oxygen atoms in total. The maximum Gasteiger partial charge on any atom is 0.326 e. The zero-order chi connectivity index (χ0) is 30.6. The quantitative estimate of drug-likeness (QED) is 0.279. The minimum absolute atomic E-state index is 0.232. The Morgan fingerprint density at radius 1 is 1.14 bits per heavy atom. The molecule has 0 aliphatic carbocycles. The number of nitrogens with one attached hydrogen (secondary N) is 2. The van der Waals surface area contributed by atoms with Crippen LogP contribution in [0, 0.1) is 0 Å². The van der Waals surface area contributed by atoms with Crippen LogP contribution in [0.1, 0.15) is 34.3 Å². The standard InChI is InChI=1S/C27H22BrCl2N3O4.C3H7NO/c28-16-6-8-19(24(34)33-10-2-5-23(33)25(35)36)21(12-16)32-27(14-15-3-1-4-17(29)11-15)20-9-7-18(30)13-22(20)31-26(27)37;1-4(2)3-5/h1,3-4,6-9,11-13,23,32H,2,5,10,14H2,(H,31,37)(H,35,36);3H,1-2H3/t23-,27?;/m1./s1. The van der Waals surface area contributed by atoms with Gasteiger partial charge in [0.15, 0.2) is 0 Å². The highest BCUT2D eigenvalue weighted by Crippen LogP contribution is 2.43. The summed E-state index contributed by atoms with van der Waals surface area (Å²) in [5, 5.41) is 16.9. The molecule has 0 spiro atoms. The van der Waals surface area contributed by atoms with Crippen molar-refractivity contribution in [3.8, 4) is 0 Å². The van der Waals surface area contributed by atoms with E-state index >= 15 is 0 Å². The molecule has 1 unspecified atom stereocenters. The zero-order valence-corrected chi connectivity index (χ0v) is 26.0. The summed E-state index contributed by atoms with van der Waals surface area (Å²) >= 11 is 15.9. The Morgan fingerprint density at radius 2 is 1.86 bits per heavy atom. The highest BCUT2D eigenvalue weighted by Gasteiger charge is 2.48. The first-order chi connectivity index (χ1) is 19.9. The molecular weight excluding hydrogens is 647 g/mol. The molecule has 3 amide bonds. The second-order valence-electron chi connectivity index (χ2n) is 10.2. The van der Waals surface area contributed by atoms with E-state index in [0.29, 0.717) is 50.8 Å². The molecule has 5 rings (SSSR count). The van der Waals surface area contributed by atoms with Crippen molar-refractivity contribution in [3.63, 3.8) is 0 Å². The number of aliphatic carboxylic acids is 1. The lowest BCUT2D eigenvalue weighted by molar-refractivity contribution is -0.141. The van der Waals surface area contributed by atoms with Crippen LogP contribution in [0.3, 0.4) is 0 Å². The van der Waals surface area contributed by atoms with Crippen molar-refractivity contribution in [2.45, 2.75) is 30.8 Å². The van der Waals surface area contributed by atoms with E-state index in [1.165, 1.54) is 9.80 Å². The number of carbonyl (C=O) groups excluding carboxylic acids is 3. The van der Waals surface area contributed by atoms with Gasteiger partial charge < -0.3 is 25.5 Å². The fraction of sp³-hybridized carbons (Fsp3) is 0.267. The molecule has 12 heteroatoms. The Morgan fingerprint density at radius 3 is 2.52 bits per heavy atom. The molecule has 0 saturated carbocycles. The Balaban J connectivity index is 0.000000748. The average molecular weight is 676 g/mol. The third kappa shape index (κ3) is 6.72. The summed E-state index contributed by atoms with van der Waals surface area (Å²) in [7, 11) is 3.38. The second kappa shape index (κ2) is 13.1. The Bertz CT molecular complexity index is 1540. The Labute approximate surface area is 261 Å². The molecule has 0 aromatic heterocycles. The van der Waals surface area contributed by atoms with Gasteiger partial charge in [-0.3, -0.25) is 14.4 Å². The van der Waals surface area contributed by atoms with Gasteiger partial charge in [0.1, 0.15) is 11.6 Å². The fourth-order valence-electron chi connectivity index (χ4n) is 5.10. The van der Waals surface area contributed by atoms with Crippen molar-refractivity contribution in [2.75, 3.05) is 31.3 Å². The van der Waals surface area contributed by atoms with E-state index < -0.39 is 23.5 Å². The fourth-order valence-corrected chi connectivity index (χ4v) is 5.84. The van der Waals surface area contributed by atoms with Gasteiger partial charge in [-0.05, 0) is 60.9 Å². The van der Waals surface area contributed by atoms with Gasteiger partial charge in [-0.15, -0.1) is 0 Å². The predicted molar refractivity (Wildman–Crippen MR) is 166 cm³/mol. The van der Waals surface area contributed by atoms with Gasteiger partial charge in [0.25, 0.3) is 11.8 Å². The summed E-state index contributed by atoms with van der Waals surface area (Å²) in [4.78, 5) is 51.3. The predicted octanol–water partition coefficient (Wildman–Crippen LogP) is 5.65. The van der Waals surface area contributed by atoms with E-state index in [4.69, 9.17) is 23.2 Å². The van der Waals surface area contributed by atoms with Crippen LogP contribution >= 0.6 is 39.1 Å². The lowest BCUT2D eigenvalue weighted by Gasteiger charge is -2.32. The van der Waals surface area contributed by atoms with Gasteiger partial charge in [0.2, 0.25) is 6.41 Å².